The van der Waals surface area contributed by atoms with Gasteiger partial charge >= 0.3 is 6.18 Å². The Kier molecular flexibility index (Phi) is 6.71. The van der Waals surface area contributed by atoms with E-state index in [4.69, 9.17) is 0 Å². The number of carbonyl (C=O) groups is 1. The van der Waals surface area contributed by atoms with E-state index < -0.39 is 11.9 Å². The predicted octanol–water partition coefficient (Wildman–Crippen LogP) is 7.00. The lowest BCUT2D eigenvalue weighted by Gasteiger charge is -2.30. The molecule has 1 fully saturated rings. The second-order valence-corrected chi connectivity index (χ2v) is 10.3. The third-order valence-electron chi connectivity index (χ3n) is 6.53. The molecule has 0 unspecified atom stereocenters. The number of pyridine rings is 2. The van der Waals surface area contributed by atoms with Crippen molar-refractivity contribution in [2.75, 3.05) is 13.1 Å². The largest absolute Gasteiger partial charge is 0.433 e. The highest BCUT2D eigenvalue weighted by molar-refractivity contribution is 5.95. The third kappa shape index (κ3) is 5.55. The standard InChI is InChI=1S/C28H30F3N3O/c1-18-10-13-34(14-11-18)26(35)20-7-5-19(6-8-20)23-15-22(17-33-25(23)28(29,30)31)21-9-12-32-24(16-21)27(2,3)4/h5-9,12,15-18H,10-11,13-14H2,1-4H3. The Morgan fingerprint density at radius 1 is 0.914 bits per heavy atom. The molecule has 0 N–H and O–H groups in total. The molecular formula is C28H30F3N3O. The first-order valence-electron chi connectivity index (χ1n) is 11.9. The van der Waals surface area contributed by atoms with Gasteiger partial charge in [0.05, 0.1) is 0 Å². The molecule has 0 radical (unpaired) electrons. The zero-order valence-electron chi connectivity index (χ0n) is 20.5. The summed E-state index contributed by atoms with van der Waals surface area (Å²) in [5, 5.41) is 0. The van der Waals surface area contributed by atoms with Gasteiger partial charge in [-0.05, 0) is 60.2 Å². The van der Waals surface area contributed by atoms with Gasteiger partial charge in [0.25, 0.3) is 5.91 Å². The Morgan fingerprint density at radius 3 is 2.17 bits per heavy atom. The molecule has 184 valence electrons. The van der Waals surface area contributed by atoms with Crippen LogP contribution in [-0.4, -0.2) is 33.9 Å². The molecule has 1 aliphatic rings. The maximum Gasteiger partial charge on any atom is 0.433 e. The van der Waals surface area contributed by atoms with E-state index in [1.165, 1.54) is 12.3 Å². The first kappa shape index (κ1) is 24.9. The van der Waals surface area contributed by atoms with Crippen LogP contribution in [0, 0.1) is 5.92 Å². The lowest BCUT2D eigenvalue weighted by molar-refractivity contribution is -0.140. The molecule has 1 aromatic carbocycles. The van der Waals surface area contributed by atoms with Crippen LogP contribution in [0.2, 0.25) is 0 Å². The van der Waals surface area contributed by atoms with Crippen LogP contribution in [0.25, 0.3) is 22.3 Å². The van der Waals surface area contributed by atoms with Crippen molar-refractivity contribution < 1.29 is 18.0 Å². The molecule has 0 saturated carbocycles. The van der Waals surface area contributed by atoms with Crippen molar-refractivity contribution in [1.82, 2.24) is 14.9 Å². The average molecular weight is 482 g/mol. The second kappa shape index (κ2) is 9.44. The van der Waals surface area contributed by atoms with E-state index in [1.807, 2.05) is 31.7 Å². The highest BCUT2D eigenvalue weighted by Crippen LogP contribution is 2.38. The maximum atomic E-state index is 13.8. The molecule has 4 rings (SSSR count). The number of carbonyl (C=O) groups excluding carboxylic acids is 1. The maximum absolute atomic E-state index is 13.8. The molecule has 2 aromatic heterocycles. The quantitative estimate of drug-likeness (QED) is 0.405. The summed E-state index contributed by atoms with van der Waals surface area (Å²) in [6, 6.07) is 11.5. The number of nitrogens with zero attached hydrogens (tertiary/aromatic N) is 3. The number of alkyl halides is 3. The highest BCUT2D eigenvalue weighted by Gasteiger charge is 2.36. The van der Waals surface area contributed by atoms with Gasteiger partial charge in [0.2, 0.25) is 0 Å². The smallest absolute Gasteiger partial charge is 0.339 e. The fourth-order valence-corrected chi connectivity index (χ4v) is 4.28. The molecule has 3 heterocycles. The van der Waals surface area contributed by atoms with Crippen LogP contribution in [0.5, 0.6) is 0 Å². The molecule has 0 atom stereocenters. The molecule has 7 heteroatoms. The number of hydrogen-bond acceptors (Lipinski definition) is 3. The Balaban J connectivity index is 1.70. The van der Waals surface area contributed by atoms with Crippen LogP contribution >= 0.6 is 0 Å². The minimum Gasteiger partial charge on any atom is -0.339 e. The fraction of sp³-hybridized carbons (Fsp3) is 0.393. The number of hydrogen-bond donors (Lipinski definition) is 0. The minimum atomic E-state index is -4.61. The summed E-state index contributed by atoms with van der Waals surface area (Å²) in [7, 11) is 0. The summed E-state index contributed by atoms with van der Waals surface area (Å²) >= 11 is 0. The van der Waals surface area contributed by atoms with Gasteiger partial charge in [0.15, 0.2) is 5.69 Å². The van der Waals surface area contributed by atoms with Crippen LogP contribution < -0.4 is 0 Å². The predicted molar refractivity (Wildman–Crippen MR) is 131 cm³/mol. The molecule has 1 aliphatic heterocycles. The summed E-state index contributed by atoms with van der Waals surface area (Å²) in [6.45, 7) is 9.67. The van der Waals surface area contributed by atoms with Gasteiger partial charge in [0, 0.05) is 53.3 Å². The van der Waals surface area contributed by atoms with Crippen molar-refractivity contribution in [2.24, 2.45) is 5.92 Å². The molecule has 0 aliphatic carbocycles. The summed E-state index contributed by atoms with van der Waals surface area (Å²) < 4.78 is 41.5. The summed E-state index contributed by atoms with van der Waals surface area (Å²) in [5.74, 6) is 0.514. The molecule has 1 saturated heterocycles. The molecule has 0 bridgehead atoms. The van der Waals surface area contributed by atoms with Crippen molar-refractivity contribution in [2.45, 2.75) is 52.1 Å². The third-order valence-corrected chi connectivity index (χ3v) is 6.53. The number of piperidine rings is 1. The Bertz CT molecular complexity index is 1210. The second-order valence-electron chi connectivity index (χ2n) is 10.3. The summed E-state index contributed by atoms with van der Waals surface area (Å²) in [6.07, 6.45) is 0.229. The fourth-order valence-electron chi connectivity index (χ4n) is 4.28. The number of halogens is 3. The van der Waals surface area contributed by atoms with E-state index in [-0.39, 0.29) is 16.9 Å². The number of amides is 1. The van der Waals surface area contributed by atoms with E-state index in [2.05, 4.69) is 16.9 Å². The zero-order valence-corrected chi connectivity index (χ0v) is 20.5. The number of benzene rings is 1. The molecular weight excluding hydrogens is 451 g/mol. The first-order valence-corrected chi connectivity index (χ1v) is 11.9. The van der Waals surface area contributed by atoms with Crippen LogP contribution in [0.3, 0.4) is 0 Å². The summed E-state index contributed by atoms with van der Waals surface area (Å²) in [4.78, 5) is 22.9. The average Bonchev–Trinajstić information content (AvgIpc) is 2.83. The molecule has 4 nitrogen and oxygen atoms in total. The minimum absolute atomic E-state index is 0.0186. The van der Waals surface area contributed by atoms with Gasteiger partial charge in [-0.25, -0.2) is 0 Å². The van der Waals surface area contributed by atoms with Gasteiger partial charge in [-0.1, -0.05) is 39.8 Å². The number of aromatic nitrogens is 2. The molecule has 1 amide bonds. The molecule has 35 heavy (non-hydrogen) atoms. The lowest BCUT2D eigenvalue weighted by Crippen LogP contribution is -2.37. The highest BCUT2D eigenvalue weighted by atomic mass is 19.4. The van der Waals surface area contributed by atoms with Crippen molar-refractivity contribution in [3.63, 3.8) is 0 Å². The number of rotatable bonds is 3. The lowest BCUT2D eigenvalue weighted by atomic mass is 9.90. The summed E-state index contributed by atoms with van der Waals surface area (Å²) in [5.41, 5.74) is 1.83. The van der Waals surface area contributed by atoms with Crippen LogP contribution in [0.4, 0.5) is 13.2 Å². The van der Waals surface area contributed by atoms with Gasteiger partial charge in [0.1, 0.15) is 0 Å². The molecule has 3 aromatic rings. The SMILES string of the molecule is CC1CCN(C(=O)c2ccc(-c3cc(-c4ccnc(C(C)(C)C)c4)cnc3C(F)(F)F)cc2)CC1. The van der Waals surface area contributed by atoms with E-state index in [1.54, 1.807) is 36.5 Å². The van der Waals surface area contributed by atoms with Crippen molar-refractivity contribution in [3.05, 3.63) is 71.8 Å². The monoisotopic (exact) mass is 481 g/mol. The Morgan fingerprint density at radius 2 is 1.57 bits per heavy atom. The van der Waals surface area contributed by atoms with E-state index in [0.717, 1.165) is 24.1 Å². The number of likely N-dealkylation sites (tertiary alicyclic amines) is 1. The van der Waals surface area contributed by atoms with Crippen molar-refractivity contribution in [1.29, 1.82) is 0 Å². The molecule has 0 spiro atoms. The van der Waals surface area contributed by atoms with E-state index in [0.29, 0.717) is 35.7 Å². The Labute approximate surface area is 204 Å². The van der Waals surface area contributed by atoms with E-state index in [9.17, 15) is 18.0 Å². The van der Waals surface area contributed by atoms with Gasteiger partial charge < -0.3 is 4.90 Å². The van der Waals surface area contributed by atoms with Crippen LogP contribution in [0.1, 0.15) is 62.3 Å². The zero-order chi connectivity index (χ0) is 25.4. The topological polar surface area (TPSA) is 46.1 Å². The van der Waals surface area contributed by atoms with Crippen molar-refractivity contribution in [3.8, 4) is 22.3 Å². The van der Waals surface area contributed by atoms with Gasteiger partial charge in [-0.3, -0.25) is 14.8 Å². The van der Waals surface area contributed by atoms with Crippen LogP contribution in [-0.2, 0) is 11.6 Å². The van der Waals surface area contributed by atoms with Gasteiger partial charge in [-0.15, -0.1) is 0 Å². The first-order chi connectivity index (χ1) is 16.4. The Hall–Kier alpha value is -3.22. The van der Waals surface area contributed by atoms with Crippen LogP contribution in [0.15, 0.2) is 54.9 Å². The normalized spacial score (nSPS) is 15.3. The van der Waals surface area contributed by atoms with Crippen molar-refractivity contribution >= 4 is 5.91 Å². The van der Waals surface area contributed by atoms with E-state index >= 15 is 0 Å². The van der Waals surface area contributed by atoms with Gasteiger partial charge in [-0.2, -0.15) is 13.2 Å².